The molecule has 24 heavy (non-hydrogen) atoms. The summed E-state index contributed by atoms with van der Waals surface area (Å²) in [5, 5.41) is 0. The molecule has 0 saturated carbocycles. The van der Waals surface area contributed by atoms with E-state index in [4.69, 9.17) is 14.2 Å². The van der Waals surface area contributed by atoms with E-state index in [1.165, 1.54) is 6.08 Å². The fourth-order valence-corrected chi connectivity index (χ4v) is 2.19. The van der Waals surface area contributed by atoms with E-state index in [1.807, 2.05) is 32.9 Å². The number of carbonyl (C=O) groups is 1. The molecule has 134 valence electrons. The van der Waals surface area contributed by atoms with Crippen molar-refractivity contribution < 1.29 is 19.0 Å². The summed E-state index contributed by atoms with van der Waals surface area (Å²) in [4.78, 5) is 16.6. The highest BCUT2D eigenvalue weighted by molar-refractivity contribution is 5.87. The molecule has 0 atom stereocenters. The Morgan fingerprint density at radius 1 is 1.25 bits per heavy atom. The van der Waals surface area contributed by atoms with Crippen LogP contribution in [0.1, 0.15) is 63.8 Å². The minimum absolute atomic E-state index is 0.402. The molecule has 0 spiro atoms. The number of nitrogens with zero attached hydrogens (tertiary/aromatic N) is 1. The summed E-state index contributed by atoms with van der Waals surface area (Å²) in [6.45, 7) is 7.64. The lowest BCUT2D eigenvalue weighted by molar-refractivity contribution is -0.148. The van der Waals surface area contributed by atoms with Gasteiger partial charge in [-0.3, -0.25) is 4.98 Å². The molecule has 0 aliphatic heterocycles. The van der Waals surface area contributed by atoms with Crippen LogP contribution < -0.4 is 0 Å². The Hall–Kier alpha value is -1.72. The third kappa shape index (κ3) is 6.81. The zero-order valence-corrected chi connectivity index (χ0v) is 15.6. The molecule has 0 saturated heterocycles. The number of aromatic nitrogens is 1. The van der Waals surface area contributed by atoms with Gasteiger partial charge in [-0.2, -0.15) is 0 Å². The summed E-state index contributed by atoms with van der Waals surface area (Å²) in [5.41, 5.74) is 1.89. The lowest BCUT2D eigenvalue weighted by Crippen LogP contribution is -2.22. The Kier molecular flexibility index (Phi) is 8.08. The number of rotatable bonds is 8. The summed E-state index contributed by atoms with van der Waals surface area (Å²) >= 11 is 0. The summed E-state index contributed by atoms with van der Waals surface area (Å²) in [5.74, 6) is -0.402. The van der Waals surface area contributed by atoms with Gasteiger partial charge < -0.3 is 14.2 Å². The molecular weight excluding hydrogens is 306 g/mol. The average Bonchev–Trinajstić information content (AvgIpc) is 2.51. The molecule has 0 aromatic carbocycles. The molecule has 0 bridgehead atoms. The zero-order chi connectivity index (χ0) is 18.2. The summed E-state index contributed by atoms with van der Waals surface area (Å²) in [6.07, 6.45) is 5.59. The molecule has 5 nitrogen and oxygen atoms in total. The third-order valence-electron chi connectivity index (χ3n) is 3.27. The third-order valence-corrected chi connectivity index (χ3v) is 3.27. The summed E-state index contributed by atoms with van der Waals surface area (Å²) < 4.78 is 15.9. The molecule has 0 aliphatic carbocycles. The second-order valence-corrected chi connectivity index (χ2v) is 6.55. The Morgan fingerprint density at radius 3 is 2.46 bits per heavy atom. The molecule has 0 amide bonds. The highest BCUT2D eigenvalue weighted by Crippen LogP contribution is 2.23. The molecule has 1 rings (SSSR count). The van der Waals surface area contributed by atoms with Crippen LogP contribution in [-0.2, 0) is 25.4 Å². The van der Waals surface area contributed by atoms with Crippen LogP contribution >= 0.6 is 0 Å². The quantitative estimate of drug-likeness (QED) is 0.407. The fraction of sp³-hybridized carbons (Fsp3) is 0.579. The molecule has 1 aromatic heterocycles. The number of aryl methyl sites for hydroxylation is 1. The number of hydrogen-bond acceptors (Lipinski definition) is 5. The first-order valence-electron chi connectivity index (χ1n) is 8.27. The second-order valence-electron chi connectivity index (χ2n) is 6.55. The van der Waals surface area contributed by atoms with Crippen LogP contribution in [0.4, 0.5) is 0 Å². The number of hydrogen-bond donors (Lipinski definition) is 0. The van der Waals surface area contributed by atoms with E-state index in [9.17, 15) is 4.79 Å². The molecule has 1 aromatic rings. The first kappa shape index (κ1) is 20.3. The van der Waals surface area contributed by atoms with Gasteiger partial charge in [-0.1, -0.05) is 13.3 Å². The van der Waals surface area contributed by atoms with Gasteiger partial charge in [0.05, 0.1) is 5.69 Å². The van der Waals surface area contributed by atoms with Crippen molar-refractivity contribution in [2.24, 2.45) is 0 Å². The number of carbonyl (C=O) groups excluding carboxylic acids is 1. The predicted molar refractivity (Wildman–Crippen MR) is 94.5 cm³/mol. The van der Waals surface area contributed by atoms with E-state index in [2.05, 4.69) is 11.9 Å². The normalized spacial score (nSPS) is 12.1. The molecule has 0 unspecified atom stereocenters. The van der Waals surface area contributed by atoms with E-state index in [1.54, 1.807) is 20.3 Å². The maximum absolute atomic E-state index is 11.9. The van der Waals surface area contributed by atoms with Gasteiger partial charge in [-0.25, -0.2) is 4.79 Å². The summed E-state index contributed by atoms with van der Waals surface area (Å²) in [7, 11) is 3.14. The predicted octanol–water partition coefficient (Wildman–Crippen LogP) is 4.07. The second kappa shape index (κ2) is 9.55. The van der Waals surface area contributed by atoms with Crippen molar-refractivity contribution in [2.75, 3.05) is 14.2 Å². The van der Waals surface area contributed by atoms with Crippen molar-refractivity contribution in [2.45, 2.75) is 58.8 Å². The zero-order valence-electron chi connectivity index (χ0n) is 15.6. The lowest BCUT2D eigenvalue weighted by atomic mass is 10.1. The molecule has 1 heterocycles. The van der Waals surface area contributed by atoms with Gasteiger partial charge in [0, 0.05) is 31.6 Å². The standard InChI is InChI=1S/C19H29NO4/c1-7-8-9-14-10-11-15(18(22-5)23-6)16(20-14)12-13-17(21)24-19(2,3)4/h10-13,18H,7-9H2,1-6H3/b13-12+. The first-order valence-corrected chi connectivity index (χ1v) is 8.27. The minimum Gasteiger partial charge on any atom is -0.457 e. The van der Waals surface area contributed by atoms with Crippen molar-refractivity contribution in [1.82, 2.24) is 4.98 Å². The average molecular weight is 335 g/mol. The van der Waals surface area contributed by atoms with Gasteiger partial charge in [-0.05, 0) is 51.8 Å². The first-order chi connectivity index (χ1) is 11.3. The highest BCUT2D eigenvalue weighted by Gasteiger charge is 2.16. The minimum atomic E-state index is -0.531. The van der Waals surface area contributed by atoms with Crippen LogP contribution in [0, 0.1) is 0 Å². The largest absolute Gasteiger partial charge is 0.457 e. The van der Waals surface area contributed by atoms with Crippen molar-refractivity contribution in [3.63, 3.8) is 0 Å². The van der Waals surface area contributed by atoms with Gasteiger partial charge in [0.15, 0.2) is 6.29 Å². The van der Waals surface area contributed by atoms with Gasteiger partial charge in [0.25, 0.3) is 0 Å². The van der Waals surface area contributed by atoms with Crippen molar-refractivity contribution in [3.05, 3.63) is 35.2 Å². The van der Waals surface area contributed by atoms with Gasteiger partial charge in [0.1, 0.15) is 5.60 Å². The maximum atomic E-state index is 11.9. The van der Waals surface area contributed by atoms with Crippen molar-refractivity contribution >= 4 is 12.0 Å². The topological polar surface area (TPSA) is 57.7 Å². The monoisotopic (exact) mass is 335 g/mol. The van der Waals surface area contributed by atoms with Crippen LogP contribution in [0.15, 0.2) is 18.2 Å². The van der Waals surface area contributed by atoms with Crippen LogP contribution in [-0.4, -0.2) is 30.8 Å². The molecular formula is C19H29NO4. The fourth-order valence-electron chi connectivity index (χ4n) is 2.19. The number of unbranched alkanes of at least 4 members (excludes halogenated alkanes) is 1. The molecule has 0 radical (unpaired) electrons. The molecule has 0 fully saturated rings. The number of ether oxygens (including phenoxy) is 3. The van der Waals surface area contributed by atoms with Gasteiger partial charge >= 0.3 is 5.97 Å². The highest BCUT2D eigenvalue weighted by atomic mass is 16.7. The Labute approximate surface area is 145 Å². The Morgan fingerprint density at radius 2 is 1.92 bits per heavy atom. The van der Waals surface area contributed by atoms with Crippen molar-refractivity contribution in [1.29, 1.82) is 0 Å². The molecule has 5 heteroatoms. The van der Waals surface area contributed by atoms with Crippen LogP contribution in [0.25, 0.3) is 6.08 Å². The van der Waals surface area contributed by atoms with Crippen LogP contribution in [0.5, 0.6) is 0 Å². The maximum Gasteiger partial charge on any atom is 0.331 e. The number of pyridine rings is 1. The van der Waals surface area contributed by atoms with Crippen molar-refractivity contribution in [3.8, 4) is 0 Å². The smallest absolute Gasteiger partial charge is 0.331 e. The van der Waals surface area contributed by atoms with E-state index < -0.39 is 17.9 Å². The van der Waals surface area contributed by atoms with E-state index in [0.717, 1.165) is 30.5 Å². The Bertz CT molecular complexity index is 557. The molecule has 0 N–H and O–H groups in total. The lowest BCUT2D eigenvalue weighted by Gasteiger charge is -2.18. The number of esters is 1. The van der Waals surface area contributed by atoms with E-state index >= 15 is 0 Å². The summed E-state index contributed by atoms with van der Waals surface area (Å²) in [6, 6.07) is 3.91. The SMILES string of the molecule is CCCCc1ccc(C(OC)OC)c(/C=C/C(=O)OC(C)(C)C)n1. The van der Waals surface area contributed by atoms with Crippen LogP contribution in [0.3, 0.4) is 0 Å². The van der Waals surface area contributed by atoms with E-state index in [-0.39, 0.29) is 0 Å². The number of methoxy groups -OCH3 is 2. The van der Waals surface area contributed by atoms with E-state index in [0.29, 0.717) is 5.69 Å². The van der Waals surface area contributed by atoms with Gasteiger partial charge in [-0.15, -0.1) is 0 Å². The molecule has 0 aliphatic rings. The Balaban J connectivity index is 3.07. The van der Waals surface area contributed by atoms with Crippen LogP contribution in [0.2, 0.25) is 0 Å². The van der Waals surface area contributed by atoms with Gasteiger partial charge in [0.2, 0.25) is 0 Å².